The summed E-state index contributed by atoms with van der Waals surface area (Å²) in [5, 5.41) is 9.32. The van der Waals surface area contributed by atoms with Crippen LogP contribution in [0.1, 0.15) is 0 Å². The minimum atomic E-state index is 0.0251. The molecule has 0 atom stereocenters. The number of nitrogen functional groups attached to an aromatic ring is 1. The molecule has 4 heteroatoms. The Hall–Kier alpha value is -0.930. The summed E-state index contributed by atoms with van der Waals surface area (Å²) in [4.78, 5) is 0. The van der Waals surface area contributed by atoms with Gasteiger partial charge in [0.25, 0.3) is 0 Å². The third-order valence-corrected chi connectivity index (χ3v) is 1.43. The maximum Gasteiger partial charge on any atom is 0.136 e. The Kier molecular flexibility index (Phi) is 1.99. The molecule has 0 unspecified atom stereocenters. The van der Waals surface area contributed by atoms with Crippen LogP contribution in [0.5, 0.6) is 5.75 Å². The molecule has 0 bridgehead atoms. The molecule has 1 aromatic rings. The molecule has 54 valence electrons. The Bertz CT molecular complexity index is 239. The zero-order valence-electron chi connectivity index (χ0n) is 5.13. The fourth-order valence-electron chi connectivity index (χ4n) is 0.602. The van der Waals surface area contributed by atoms with Gasteiger partial charge >= 0.3 is 0 Å². The average Bonchev–Trinajstić information content (AvgIpc) is 1.95. The van der Waals surface area contributed by atoms with Gasteiger partial charge in [-0.15, -0.1) is 0 Å². The smallest absolute Gasteiger partial charge is 0.136 e. The van der Waals surface area contributed by atoms with Gasteiger partial charge in [-0.3, -0.25) is 5.84 Å². The number of phenols is 1. The highest BCUT2D eigenvalue weighted by Crippen LogP contribution is 2.25. The second-order valence-electron chi connectivity index (χ2n) is 1.81. The number of hydrogen-bond donors (Lipinski definition) is 3. The van der Waals surface area contributed by atoms with E-state index in [1.54, 1.807) is 12.1 Å². The van der Waals surface area contributed by atoms with Crippen molar-refractivity contribution in [3.05, 3.63) is 23.2 Å². The zero-order valence-corrected chi connectivity index (χ0v) is 5.89. The third kappa shape index (κ3) is 1.32. The van der Waals surface area contributed by atoms with Crippen LogP contribution >= 0.6 is 11.6 Å². The summed E-state index contributed by atoms with van der Waals surface area (Å²) < 4.78 is 0. The first-order valence-corrected chi connectivity index (χ1v) is 3.07. The number of nitrogens with two attached hydrogens (primary N) is 1. The van der Waals surface area contributed by atoms with Crippen molar-refractivity contribution in [3.63, 3.8) is 0 Å². The van der Waals surface area contributed by atoms with Gasteiger partial charge in [-0.1, -0.05) is 11.6 Å². The minimum absolute atomic E-state index is 0.0251. The van der Waals surface area contributed by atoms with Crippen LogP contribution in [0.2, 0.25) is 5.02 Å². The van der Waals surface area contributed by atoms with Crippen LogP contribution in [0.15, 0.2) is 18.2 Å². The SMILES string of the molecule is NNc1ccc(Cl)c(O)c1. The summed E-state index contributed by atoms with van der Waals surface area (Å²) in [6.07, 6.45) is 0. The number of aromatic hydroxyl groups is 1. The van der Waals surface area contributed by atoms with Crippen LogP contribution in [-0.4, -0.2) is 5.11 Å². The average molecular weight is 159 g/mol. The maximum atomic E-state index is 9.00. The van der Waals surface area contributed by atoms with E-state index in [2.05, 4.69) is 5.43 Å². The molecule has 0 saturated carbocycles. The van der Waals surface area contributed by atoms with E-state index in [1.165, 1.54) is 6.07 Å². The fraction of sp³-hybridized carbons (Fsp3) is 0. The van der Waals surface area contributed by atoms with Crippen molar-refractivity contribution in [2.24, 2.45) is 5.84 Å². The number of halogens is 1. The van der Waals surface area contributed by atoms with Crippen LogP contribution in [-0.2, 0) is 0 Å². The van der Waals surface area contributed by atoms with Crippen molar-refractivity contribution in [3.8, 4) is 5.75 Å². The van der Waals surface area contributed by atoms with Crippen LogP contribution < -0.4 is 11.3 Å². The van der Waals surface area contributed by atoms with Gasteiger partial charge in [0.05, 0.1) is 10.7 Å². The van der Waals surface area contributed by atoms with Gasteiger partial charge in [-0.25, -0.2) is 0 Å². The van der Waals surface area contributed by atoms with E-state index in [0.717, 1.165) is 0 Å². The number of phenolic OH excluding ortho intramolecular Hbond substituents is 1. The lowest BCUT2D eigenvalue weighted by Gasteiger charge is -2.00. The number of rotatable bonds is 1. The lowest BCUT2D eigenvalue weighted by molar-refractivity contribution is 0.476. The predicted octanol–water partition coefficient (Wildman–Crippen LogP) is 1.33. The van der Waals surface area contributed by atoms with E-state index >= 15 is 0 Å². The van der Waals surface area contributed by atoms with Crippen molar-refractivity contribution in [2.45, 2.75) is 0 Å². The van der Waals surface area contributed by atoms with Gasteiger partial charge in [0, 0.05) is 6.07 Å². The molecule has 10 heavy (non-hydrogen) atoms. The van der Waals surface area contributed by atoms with Gasteiger partial charge < -0.3 is 10.5 Å². The first-order chi connectivity index (χ1) is 4.74. The molecular formula is C6H7ClN2O. The molecule has 0 fully saturated rings. The van der Waals surface area contributed by atoms with E-state index in [-0.39, 0.29) is 5.75 Å². The van der Waals surface area contributed by atoms with Crippen molar-refractivity contribution in [2.75, 3.05) is 5.43 Å². The van der Waals surface area contributed by atoms with E-state index < -0.39 is 0 Å². The second kappa shape index (κ2) is 2.77. The lowest BCUT2D eigenvalue weighted by atomic mass is 10.3. The molecule has 0 aromatic heterocycles. The van der Waals surface area contributed by atoms with E-state index in [1.807, 2.05) is 0 Å². The van der Waals surface area contributed by atoms with Crippen molar-refractivity contribution >= 4 is 17.3 Å². The monoisotopic (exact) mass is 158 g/mol. The van der Waals surface area contributed by atoms with E-state index in [9.17, 15) is 0 Å². The molecule has 0 aliphatic carbocycles. The molecule has 1 rings (SSSR count). The standard InChI is InChI=1S/C6H7ClN2O/c7-5-2-1-4(9-8)3-6(5)10/h1-3,9-10H,8H2. The lowest BCUT2D eigenvalue weighted by Crippen LogP contribution is -2.05. The highest BCUT2D eigenvalue weighted by Gasteiger charge is 1.96. The predicted molar refractivity (Wildman–Crippen MR) is 40.9 cm³/mol. The van der Waals surface area contributed by atoms with E-state index in [0.29, 0.717) is 10.7 Å². The number of nitrogens with one attached hydrogen (secondary N) is 1. The topological polar surface area (TPSA) is 58.3 Å². The molecule has 1 aromatic carbocycles. The molecule has 0 saturated heterocycles. The molecule has 3 nitrogen and oxygen atoms in total. The Balaban J connectivity index is 3.04. The molecule has 0 amide bonds. The molecular weight excluding hydrogens is 152 g/mol. The summed E-state index contributed by atoms with van der Waals surface area (Å²) in [5.41, 5.74) is 3.00. The van der Waals surface area contributed by atoms with Gasteiger partial charge in [-0.05, 0) is 12.1 Å². The van der Waals surface area contributed by atoms with Crippen molar-refractivity contribution in [1.82, 2.24) is 0 Å². The molecule has 0 spiro atoms. The Morgan fingerprint density at radius 3 is 2.70 bits per heavy atom. The van der Waals surface area contributed by atoms with Crippen LogP contribution in [0.25, 0.3) is 0 Å². The summed E-state index contributed by atoms with van der Waals surface area (Å²) in [6.45, 7) is 0. The molecule has 0 aliphatic heterocycles. The van der Waals surface area contributed by atoms with Crippen LogP contribution in [0.4, 0.5) is 5.69 Å². The third-order valence-electron chi connectivity index (χ3n) is 1.11. The summed E-state index contributed by atoms with van der Waals surface area (Å²) in [7, 11) is 0. The second-order valence-corrected chi connectivity index (χ2v) is 2.22. The first-order valence-electron chi connectivity index (χ1n) is 2.69. The summed E-state index contributed by atoms with van der Waals surface area (Å²) in [6, 6.07) is 4.68. The Morgan fingerprint density at radius 1 is 1.50 bits per heavy atom. The highest BCUT2D eigenvalue weighted by atomic mass is 35.5. The Morgan fingerprint density at radius 2 is 2.20 bits per heavy atom. The fourth-order valence-corrected chi connectivity index (χ4v) is 0.720. The number of benzene rings is 1. The number of hydrogen-bond acceptors (Lipinski definition) is 3. The van der Waals surface area contributed by atoms with E-state index in [4.69, 9.17) is 22.6 Å². The van der Waals surface area contributed by atoms with Crippen molar-refractivity contribution in [1.29, 1.82) is 0 Å². The Labute approximate surface area is 63.4 Å². The van der Waals surface area contributed by atoms with Gasteiger partial charge in [0.1, 0.15) is 5.75 Å². The number of anilines is 1. The normalized spacial score (nSPS) is 9.40. The van der Waals surface area contributed by atoms with Crippen LogP contribution in [0, 0.1) is 0 Å². The zero-order chi connectivity index (χ0) is 7.56. The molecule has 0 aliphatic rings. The quantitative estimate of drug-likeness (QED) is 0.427. The largest absolute Gasteiger partial charge is 0.506 e. The number of hydrazine groups is 1. The van der Waals surface area contributed by atoms with Crippen LogP contribution in [0.3, 0.4) is 0 Å². The van der Waals surface area contributed by atoms with Gasteiger partial charge in [0.15, 0.2) is 0 Å². The summed E-state index contributed by atoms with van der Waals surface area (Å²) in [5.74, 6) is 5.09. The van der Waals surface area contributed by atoms with Gasteiger partial charge in [0.2, 0.25) is 0 Å². The minimum Gasteiger partial charge on any atom is -0.506 e. The molecule has 0 heterocycles. The summed E-state index contributed by atoms with van der Waals surface area (Å²) >= 11 is 5.52. The van der Waals surface area contributed by atoms with Gasteiger partial charge in [-0.2, -0.15) is 0 Å². The molecule has 0 radical (unpaired) electrons. The molecule has 4 N–H and O–H groups in total. The maximum absolute atomic E-state index is 9.00. The highest BCUT2D eigenvalue weighted by molar-refractivity contribution is 6.32. The van der Waals surface area contributed by atoms with Crippen molar-refractivity contribution < 1.29 is 5.11 Å². The first kappa shape index (κ1) is 7.18.